The van der Waals surface area contributed by atoms with Crippen molar-refractivity contribution >= 4 is 33.1 Å². The van der Waals surface area contributed by atoms with Gasteiger partial charge in [-0.2, -0.15) is 5.10 Å². The van der Waals surface area contributed by atoms with Crippen LogP contribution >= 0.6 is 11.6 Å². The van der Waals surface area contributed by atoms with Crippen LogP contribution < -0.4 is 10.5 Å². The number of sulfonamides is 1. The van der Waals surface area contributed by atoms with Crippen LogP contribution in [0, 0.1) is 6.92 Å². The summed E-state index contributed by atoms with van der Waals surface area (Å²) in [7, 11) is -2.21. The molecule has 2 heterocycles. The zero-order valence-electron chi connectivity index (χ0n) is 10.3. The van der Waals surface area contributed by atoms with Crippen LogP contribution in [-0.2, 0) is 17.1 Å². The van der Waals surface area contributed by atoms with Crippen LogP contribution in [0.1, 0.15) is 5.56 Å². The van der Waals surface area contributed by atoms with Gasteiger partial charge in [0.25, 0.3) is 10.0 Å². The maximum absolute atomic E-state index is 12.1. The minimum absolute atomic E-state index is 0.0614. The molecule has 0 saturated heterocycles. The summed E-state index contributed by atoms with van der Waals surface area (Å²) in [6.45, 7) is 1.73. The Kier molecular flexibility index (Phi) is 3.38. The second-order valence-electron chi connectivity index (χ2n) is 3.99. The monoisotopic (exact) mass is 301 g/mol. The Balaban J connectivity index is 2.36. The number of aryl methyl sites for hydroxylation is 2. The molecule has 0 spiro atoms. The molecule has 0 aliphatic carbocycles. The van der Waals surface area contributed by atoms with Crippen LogP contribution in [0.3, 0.4) is 0 Å². The van der Waals surface area contributed by atoms with Gasteiger partial charge < -0.3 is 5.73 Å². The number of aromatic nitrogens is 3. The first-order valence-electron chi connectivity index (χ1n) is 5.23. The van der Waals surface area contributed by atoms with E-state index in [9.17, 15) is 8.42 Å². The lowest BCUT2D eigenvalue weighted by molar-refractivity contribution is 0.601. The van der Waals surface area contributed by atoms with Crippen LogP contribution in [0.25, 0.3) is 0 Å². The smallest absolute Gasteiger partial charge is 0.267 e. The molecule has 0 aromatic carbocycles. The zero-order valence-corrected chi connectivity index (χ0v) is 11.8. The molecule has 2 rings (SSSR count). The third-order valence-corrected chi connectivity index (χ3v) is 4.17. The molecule has 0 fully saturated rings. The van der Waals surface area contributed by atoms with Gasteiger partial charge in [-0.3, -0.25) is 9.40 Å². The molecule has 2 aromatic heterocycles. The number of nitrogen functional groups attached to an aromatic ring is 1. The SMILES string of the molecule is Cc1cc(NS(=O)(=O)c2cn(C)nc2N)cnc1Cl. The topological polar surface area (TPSA) is 103 Å². The van der Waals surface area contributed by atoms with E-state index in [-0.39, 0.29) is 10.7 Å². The number of anilines is 2. The summed E-state index contributed by atoms with van der Waals surface area (Å²) in [5.74, 6) is -0.0614. The van der Waals surface area contributed by atoms with E-state index in [2.05, 4.69) is 14.8 Å². The highest BCUT2D eigenvalue weighted by Crippen LogP contribution is 2.22. The second-order valence-corrected chi connectivity index (χ2v) is 6.00. The summed E-state index contributed by atoms with van der Waals surface area (Å²) >= 11 is 5.78. The quantitative estimate of drug-likeness (QED) is 0.828. The number of hydrogen-bond donors (Lipinski definition) is 2. The van der Waals surface area contributed by atoms with E-state index in [1.807, 2.05) is 0 Å². The number of halogens is 1. The number of pyridine rings is 1. The highest BCUT2D eigenvalue weighted by atomic mass is 35.5. The maximum atomic E-state index is 12.1. The van der Waals surface area contributed by atoms with Crippen molar-refractivity contribution in [3.8, 4) is 0 Å². The van der Waals surface area contributed by atoms with Gasteiger partial charge in [0.2, 0.25) is 0 Å². The predicted molar refractivity (Wildman–Crippen MR) is 72.4 cm³/mol. The Labute approximate surface area is 115 Å². The average molecular weight is 302 g/mol. The van der Waals surface area contributed by atoms with Crippen molar-refractivity contribution < 1.29 is 8.42 Å². The Morgan fingerprint density at radius 1 is 1.47 bits per heavy atom. The maximum Gasteiger partial charge on any atom is 0.267 e. The number of nitrogens with one attached hydrogen (secondary N) is 1. The Morgan fingerprint density at radius 3 is 2.68 bits per heavy atom. The molecule has 0 aliphatic heterocycles. The van der Waals surface area contributed by atoms with Crippen molar-refractivity contribution in [3.05, 3.63) is 29.2 Å². The summed E-state index contributed by atoms with van der Waals surface area (Å²) in [4.78, 5) is 3.79. The molecular formula is C10H12ClN5O2S. The fraction of sp³-hybridized carbons (Fsp3) is 0.200. The van der Waals surface area contributed by atoms with Gasteiger partial charge in [0.1, 0.15) is 10.0 Å². The third-order valence-electron chi connectivity index (χ3n) is 2.38. The molecule has 0 saturated carbocycles. The van der Waals surface area contributed by atoms with Crippen molar-refractivity contribution in [2.24, 2.45) is 7.05 Å². The van der Waals surface area contributed by atoms with Gasteiger partial charge in [0.15, 0.2) is 5.82 Å². The summed E-state index contributed by atoms with van der Waals surface area (Å²) in [6, 6.07) is 1.58. The molecule has 0 bridgehead atoms. The molecule has 2 aromatic rings. The summed E-state index contributed by atoms with van der Waals surface area (Å²) in [6.07, 6.45) is 2.66. The molecule has 9 heteroatoms. The van der Waals surface area contributed by atoms with Gasteiger partial charge in [-0.25, -0.2) is 13.4 Å². The van der Waals surface area contributed by atoms with Crippen LogP contribution in [0.4, 0.5) is 11.5 Å². The Hall–Kier alpha value is -1.80. The van der Waals surface area contributed by atoms with Crippen LogP contribution in [0.2, 0.25) is 5.15 Å². The fourth-order valence-electron chi connectivity index (χ4n) is 1.52. The minimum atomic E-state index is -3.79. The third kappa shape index (κ3) is 2.79. The van der Waals surface area contributed by atoms with E-state index in [1.54, 1.807) is 20.0 Å². The van der Waals surface area contributed by atoms with Gasteiger partial charge in [0.05, 0.1) is 11.9 Å². The number of nitrogens with zero attached hydrogens (tertiary/aromatic N) is 3. The standard InChI is InChI=1S/C10H12ClN5O2S/c1-6-3-7(4-13-9(6)11)15-19(17,18)8-5-16(2)14-10(8)12/h3-5,15H,1-2H3,(H2,12,14). The average Bonchev–Trinajstić information content (AvgIpc) is 2.63. The fourth-order valence-corrected chi connectivity index (χ4v) is 2.76. The van der Waals surface area contributed by atoms with E-state index in [0.29, 0.717) is 16.4 Å². The van der Waals surface area contributed by atoms with Crippen LogP contribution in [0.15, 0.2) is 23.4 Å². The van der Waals surface area contributed by atoms with Crippen molar-refractivity contribution in [1.29, 1.82) is 0 Å². The first-order chi connectivity index (χ1) is 8.79. The highest BCUT2D eigenvalue weighted by molar-refractivity contribution is 7.92. The largest absolute Gasteiger partial charge is 0.381 e. The zero-order chi connectivity index (χ0) is 14.2. The molecule has 0 amide bonds. The van der Waals surface area contributed by atoms with Crippen LogP contribution in [0.5, 0.6) is 0 Å². The minimum Gasteiger partial charge on any atom is -0.381 e. The molecule has 0 unspecified atom stereocenters. The molecule has 0 atom stereocenters. The molecular weight excluding hydrogens is 290 g/mol. The van der Waals surface area contributed by atoms with E-state index in [0.717, 1.165) is 0 Å². The first-order valence-corrected chi connectivity index (χ1v) is 7.10. The Morgan fingerprint density at radius 2 is 2.16 bits per heavy atom. The van der Waals surface area contributed by atoms with Crippen molar-refractivity contribution in [1.82, 2.24) is 14.8 Å². The molecule has 7 nitrogen and oxygen atoms in total. The van der Waals surface area contributed by atoms with Gasteiger partial charge in [-0.05, 0) is 18.6 Å². The van der Waals surface area contributed by atoms with E-state index >= 15 is 0 Å². The Bertz CT molecular complexity index is 726. The van der Waals surface area contributed by atoms with Crippen molar-refractivity contribution in [3.63, 3.8) is 0 Å². The van der Waals surface area contributed by atoms with E-state index < -0.39 is 10.0 Å². The molecule has 0 radical (unpaired) electrons. The normalized spacial score (nSPS) is 11.5. The second kappa shape index (κ2) is 4.71. The summed E-state index contributed by atoms with van der Waals surface area (Å²) < 4.78 is 28.0. The van der Waals surface area contributed by atoms with E-state index in [1.165, 1.54) is 17.1 Å². The summed E-state index contributed by atoms with van der Waals surface area (Å²) in [5.41, 5.74) is 6.53. The lowest BCUT2D eigenvalue weighted by Crippen LogP contribution is -2.14. The number of nitrogens with two attached hydrogens (primary N) is 1. The molecule has 3 N–H and O–H groups in total. The molecule has 102 valence electrons. The molecule has 19 heavy (non-hydrogen) atoms. The van der Waals surface area contributed by atoms with Crippen LogP contribution in [-0.4, -0.2) is 23.2 Å². The highest BCUT2D eigenvalue weighted by Gasteiger charge is 2.21. The van der Waals surface area contributed by atoms with E-state index in [4.69, 9.17) is 17.3 Å². The lowest BCUT2D eigenvalue weighted by atomic mass is 10.3. The van der Waals surface area contributed by atoms with Gasteiger partial charge in [-0.1, -0.05) is 11.6 Å². The van der Waals surface area contributed by atoms with Crippen molar-refractivity contribution in [2.45, 2.75) is 11.8 Å². The molecule has 0 aliphatic rings. The first kappa shape index (κ1) is 13.6. The predicted octanol–water partition coefficient (Wildman–Crippen LogP) is 1.16. The van der Waals surface area contributed by atoms with Crippen molar-refractivity contribution in [2.75, 3.05) is 10.5 Å². The van der Waals surface area contributed by atoms with Gasteiger partial charge >= 0.3 is 0 Å². The van der Waals surface area contributed by atoms with Gasteiger partial charge in [0, 0.05) is 13.2 Å². The number of hydrogen-bond acceptors (Lipinski definition) is 5. The summed E-state index contributed by atoms with van der Waals surface area (Å²) in [5, 5.41) is 4.11. The number of rotatable bonds is 3. The van der Waals surface area contributed by atoms with Gasteiger partial charge in [-0.15, -0.1) is 0 Å². The lowest BCUT2D eigenvalue weighted by Gasteiger charge is -2.07.